The molecule has 0 radical (unpaired) electrons. The minimum absolute atomic E-state index is 0.0555. The number of nitrogens with zero attached hydrogens (tertiary/aromatic N) is 2. The van der Waals surface area contributed by atoms with Gasteiger partial charge < -0.3 is 10.6 Å². The molecule has 5 nitrogen and oxygen atoms in total. The highest BCUT2D eigenvalue weighted by Crippen LogP contribution is 2.31. The van der Waals surface area contributed by atoms with E-state index in [1.807, 2.05) is 43.3 Å². The van der Waals surface area contributed by atoms with Crippen molar-refractivity contribution < 1.29 is 4.79 Å². The van der Waals surface area contributed by atoms with Gasteiger partial charge in [-0.05, 0) is 56.2 Å². The van der Waals surface area contributed by atoms with Gasteiger partial charge in [-0.25, -0.2) is 0 Å². The number of amides is 1. The number of carbonyl (C=O) groups excluding carboxylic acids is 1. The molecule has 2 aromatic carbocycles. The normalized spacial score (nSPS) is 11.8. The SMILES string of the molecule is Cc1ccc(Nc2nnc(SC(C)C(=O)Nc3ccccc3)s2)cc1C. The first-order valence-electron chi connectivity index (χ1n) is 8.21. The number of hydrogen-bond donors (Lipinski definition) is 2. The second kappa shape index (κ2) is 8.33. The maximum absolute atomic E-state index is 12.3. The van der Waals surface area contributed by atoms with Gasteiger partial charge in [-0.1, -0.05) is 47.4 Å². The van der Waals surface area contributed by atoms with E-state index in [-0.39, 0.29) is 11.2 Å². The van der Waals surface area contributed by atoms with E-state index in [9.17, 15) is 4.79 Å². The Hall–Kier alpha value is -2.38. The quantitative estimate of drug-likeness (QED) is 0.584. The van der Waals surface area contributed by atoms with Crippen LogP contribution in [0, 0.1) is 13.8 Å². The molecule has 1 heterocycles. The smallest absolute Gasteiger partial charge is 0.237 e. The van der Waals surface area contributed by atoms with Crippen LogP contribution in [0.15, 0.2) is 52.9 Å². The lowest BCUT2D eigenvalue weighted by atomic mass is 10.1. The maximum atomic E-state index is 12.3. The second-order valence-corrected chi connectivity index (χ2v) is 8.48. The van der Waals surface area contributed by atoms with E-state index >= 15 is 0 Å². The van der Waals surface area contributed by atoms with E-state index in [0.717, 1.165) is 15.7 Å². The molecule has 0 bridgehead atoms. The lowest BCUT2D eigenvalue weighted by Crippen LogP contribution is -2.22. The van der Waals surface area contributed by atoms with Gasteiger partial charge in [0, 0.05) is 11.4 Å². The lowest BCUT2D eigenvalue weighted by molar-refractivity contribution is -0.115. The van der Waals surface area contributed by atoms with Crippen molar-refractivity contribution in [2.45, 2.75) is 30.4 Å². The molecule has 1 amide bonds. The largest absolute Gasteiger partial charge is 0.330 e. The first kappa shape index (κ1) is 18.4. The first-order chi connectivity index (χ1) is 12.5. The van der Waals surface area contributed by atoms with Crippen molar-refractivity contribution in [1.29, 1.82) is 0 Å². The average Bonchev–Trinajstić information content (AvgIpc) is 3.06. The van der Waals surface area contributed by atoms with Crippen LogP contribution < -0.4 is 10.6 Å². The summed E-state index contributed by atoms with van der Waals surface area (Å²) >= 11 is 2.84. The third-order valence-electron chi connectivity index (χ3n) is 3.85. The Morgan fingerprint density at radius 1 is 1.04 bits per heavy atom. The Balaban J connectivity index is 1.58. The van der Waals surface area contributed by atoms with Crippen molar-refractivity contribution in [3.63, 3.8) is 0 Å². The molecule has 0 aliphatic heterocycles. The van der Waals surface area contributed by atoms with Crippen LogP contribution in [0.5, 0.6) is 0 Å². The molecule has 0 aliphatic carbocycles. The van der Waals surface area contributed by atoms with Gasteiger partial charge >= 0.3 is 0 Å². The van der Waals surface area contributed by atoms with E-state index in [0.29, 0.717) is 5.13 Å². The number of para-hydroxylation sites is 1. The molecule has 0 aliphatic rings. The molecule has 1 unspecified atom stereocenters. The molecule has 7 heteroatoms. The number of aryl methyl sites for hydroxylation is 2. The van der Waals surface area contributed by atoms with Crippen LogP contribution >= 0.6 is 23.1 Å². The minimum atomic E-state index is -0.266. The minimum Gasteiger partial charge on any atom is -0.330 e. The monoisotopic (exact) mass is 384 g/mol. The molecule has 3 rings (SSSR count). The van der Waals surface area contributed by atoms with E-state index < -0.39 is 0 Å². The molecule has 3 aromatic rings. The van der Waals surface area contributed by atoms with Gasteiger partial charge in [-0.2, -0.15) is 0 Å². The van der Waals surface area contributed by atoms with Gasteiger partial charge in [0.25, 0.3) is 0 Å². The number of anilines is 3. The molecule has 134 valence electrons. The summed E-state index contributed by atoms with van der Waals surface area (Å²) in [5.74, 6) is -0.0555. The zero-order chi connectivity index (χ0) is 18.5. The third kappa shape index (κ3) is 4.83. The summed E-state index contributed by atoms with van der Waals surface area (Å²) in [4.78, 5) is 12.3. The topological polar surface area (TPSA) is 66.9 Å². The van der Waals surface area contributed by atoms with Crippen LogP contribution in [0.3, 0.4) is 0 Å². The van der Waals surface area contributed by atoms with Crippen molar-refractivity contribution in [3.8, 4) is 0 Å². The maximum Gasteiger partial charge on any atom is 0.237 e. The number of rotatable bonds is 6. The fourth-order valence-electron chi connectivity index (χ4n) is 2.22. The van der Waals surface area contributed by atoms with Gasteiger partial charge in [-0.15, -0.1) is 10.2 Å². The molecule has 0 spiro atoms. The van der Waals surface area contributed by atoms with E-state index in [4.69, 9.17) is 0 Å². The zero-order valence-electron chi connectivity index (χ0n) is 14.8. The summed E-state index contributed by atoms with van der Waals surface area (Å²) in [7, 11) is 0. The van der Waals surface area contributed by atoms with Gasteiger partial charge in [0.15, 0.2) is 4.34 Å². The van der Waals surface area contributed by atoms with Crippen LogP contribution in [0.2, 0.25) is 0 Å². The van der Waals surface area contributed by atoms with Gasteiger partial charge in [0.1, 0.15) is 0 Å². The van der Waals surface area contributed by atoms with Crippen LogP contribution in [-0.4, -0.2) is 21.4 Å². The van der Waals surface area contributed by atoms with Crippen molar-refractivity contribution >= 4 is 45.5 Å². The van der Waals surface area contributed by atoms with E-state index in [1.54, 1.807) is 0 Å². The number of hydrogen-bond acceptors (Lipinski definition) is 6. The van der Waals surface area contributed by atoms with Crippen molar-refractivity contribution in [2.75, 3.05) is 10.6 Å². The molecule has 1 atom stereocenters. The standard InChI is InChI=1S/C19H20N4OS2/c1-12-9-10-16(11-13(12)2)21-18-22-23-19(26-18)25-14(3)17(24)20-15-7-5-4-6-8-15/h4-11,14H,1-3H3,(H,20,24)(H,21,22). The van der Waals surface area contributed by atoms with Gasteiger partial charge in [-0.3, -0.25) is 4.79 Å². The van der Waals surface area contributed by atoms with Crippen LogP contribution in [-0.2, 0) is 4.79 Å². The number of nitrogens with one attached hydrogen (secondary N) is 2. The molecule has 1 aromatic heterocycles. The Bertz CT molecular complexity index is 896. The summed E-state index contributed by atoms with van der Waals surface area (Å²) in [5.41, 5.74) is 4.25. The van der Waals surface area contributed by atoms with E-state index in [2.05, 4.69) is 46.8 Å². The molecule has 0 fully saturated rings. The summed E-state index contributed by atoms with van der Waals surface area (Å²) in [5, 5.41) is 15.0. The van der Waals surface area contributed by atoms with Crippen LogP contribution in [0.1, 0.15) is 18.1 Å². The highest BCUT2D eigenvalue weighted by Gasteiger charge is 2.17. The fraction of sp³-hybridized carbons (Fsp3) is 0.211. The zero-order valence-corrected chi connectivity index (χ0v) is 16.4. The predicted octanol–water partition coefficient (Wildman–Crippen LogP) is 5.02. The third-order valence-corrected chi connectivity index (χ3v) is 5.88. The van der Waals surface area contributed by atoms with Crippen molar-refractivity contribution in [2.24, 2.45) is 0 Å². The molecular formula is C19H20N4OS2. The van der Waals surface area contributed by atoms with Gasteiger partial charge in [0.05, 0.1) is 5.25 Å². The average molecular weight is 385 g/mol. The lowest BCUT2D eigenvalue weighted by Gasteiger charge is -2.09. The Morgan fingerprint density at radius 2 is 1.81 bits per heavy atom. The Kier molecular flexibility index (Phi) is 5.90. The second-order valence-electron chi connectivity index (χ2n) is 5.91. The Labute approximate surface area is 161 Å². The van der Waals surface area contributed by atoms with Crippen LogP contribution in [0.25, 0.3) is 0 Å². The highest BCUT2D eigenvalue weighted by atomic mass is 32.2. The first-order valence-corrected chi connectivity index (χ1v) is 9.91. The number of aromatic nitrogens is 2. The highest BCUT2D eigenvalue weighted by molar-refractivity contribution is 8.02. The number of benzene rings is 2. The van der Waals surface area contributed by atoms with Crippen molar-refractivity contribution in [1.82, 2.24) is 10.2 Å². The van der Waals surface area contributed by atoms with Gasteiger partial charge in [0.2, 0.25) is 11.0 Å². The van der Waals surface area contributed by atoms with E-state index in [1.165, 1.54) is 34.2 Å². The summed E-state index contributed by atoms with van der Waals surface area (Å²) in [6.45, 7) is 6.02. The molecular weight excluding hydrogens is 364 g/mol. The number of thioether (sulfide) groups is 1. The molecule has 0 saturated heterocycles. The summed E-state index contributed by atoms with van der Waals surface area (Å²) in [6, 6.07) is 15.6. The molecule has 0 saturated carbocycles. The summed E-state index contributed by atoms with van der Waals surface area (Å²) in [6.07, 6.45) is 0. The number of carbonyl (C=O) groups is 1. The van der Waals surface area contributed by atoms with Crippen LogP contribution in [0.4, 0.5) is 16.5 Å². The fourth-order valence-corrected chi connectivity index (χ4v) is 4.14. The predicted molar refractivity (Wildman–Crippen MR) is 109 cm³/mol. The summed E-state index contributed by atoms with van der Waals surface area (Å²) < 4.78 is 0.757. The molecule has 26 heavy (non-hydrogen) atoms. The Morgan fingerprint density at radius 3 is 2.54 bits per heavy atom. The van der Waals surface area contributed by atoms with Crippen molar-refractivity contribution in [3.05, 3.63) is 59.7 Å². The molecule has 2 N–H and O–H groups in total.